The standard InChI is InChI=1S/C18H26N2O4/c1-14(12-21)20-17(22)11-7-6-10-16(19-2)13-24-18(23)15-8-4-3-5-9-15/h3-5,8-9,12,14,16,19H,6-7,10-11,13H2,1-2H3,(H,20,22). The molecule has 6 nitrogen and oxygen atoms in total. The van der Waals surface area contributed by atoms with Crippen molar-refractivity contribution in [1.82, 2.24) is 10.6 Å². The summed E-state index contributed by atoms with van der Waals surface area (Å²) in [5.41, 5.74) is 0.535. The summed E-state index contributed by atoms with van der Waals surface area (Å²) in [5.74, 6) is -0.454. The highest BCUT2D eigenvalue weighted by Gasteiger charge is 2.12. The Morgan fingerprint density at radius 3 is 2.54 bits per heavy atom. The Morgan fingerprint density at radius 2 is 1.92 bits per heavy atom. The van der Waals surface area contributed by atoms with Crippen molar-refractivity contribution in [2.45, 2.75) is 44.7 Å². The number of ether oxygens (including phenoxy) is 1. The fourth-order valence-electron chi connectivity index (χ4n) is 2.18. The Bertz CT molecular complexity index is 519. The number of carbonyl (C=O) groups is 3. The molecular formula is C18H26N2O4. The number of carbonyl (C=O) groups excluding carboxylic acids is 3. The number of benzene rings is 1. The lowest BCUT2D eigenvalue weighted by Gasteiger charge is -2.16. The quantitative estimate of drug-likeness (QED) is 0.365. The average molecular weight is 334 g/mol. The van der Waals surface area contributed by atoms with Crippen molar-refractivity contribution < 1.29 is 19.1 Å². The minimum absolute atomic E-state index is 0.0506. The Hall–Kier alpha value is -2.21. The first-order chi connectivity index (χ1) is 11.6. The van der Waals surface area contributed by atoms with E-state index in [-0.39, 0.29) is 17.9 Å². The van der Waals surface area contributed by atoms with Crippen molar-refractivity contribution in [2.24, 2.45) is 0 Å². The van der Waals surface area contributed by atoms with Crippen LogP contribution in [0.1, 0.15) is 43.0 Å². The Kier molecular flexibility index (Phi) is 9.38. The molecule has 2 unspecified atom stereocenters. The van der Waals surface area contributed by atoms with Crippen molar-refractivity contribution in [1.29, 1.82) is 0 Å². The summed E-state index contributed by atoms with van der Waals surface area (Å²) in [6.07, 6.45) is 3.45. The Balaban J connectivity index is 2.22. The fraction of sp³-hybridized carbons (Fsp3) is 0.500. The molecule has 0 radical (unpaired) electrons. The van der Waals surface area contributed by atoms with E-state index in [1.165, 1.54) is 0 Å². The number of nitrogens with one attached hydrogen (secondary N) is 2. The SMILES string of the molecule is CNC(CCCCC(=O)NC(C)C=O)COC(=O)c1ccccc1. The van der Waals surface area contributed by atoms with E-state index < -0.39 is 6.04 Å². The van der Waals surface area contributed by atoms with Gasteiger partial charge in [0.25, 0.3) is 0 Å². The smallest absolute Gasteiger partial charge is 0.338 e. The van der Waals surface area contributed by atoms with Crippen LogP contribution in [0, 0.1) is 0 Å². The number of hydrogen-bond donors (Lipinski definition) is 2. The molecule has 2 N–H and O–H groups in total. The maximum Gasteiger partial charge on any atom is 0.338 e. The first-order valence-electron chi connectivity index (χ1n) is 8.21. The van der Waals surface area contributed by atoms with Crippen molar-refractivity contribution >= 4 is 18.2 Å². The molecule has 1 amide bonds. The zero-order valence-electron chi connectivity index (χ0n) is 14.3. The van der Waals surface area contributed by atoms with Gasteiger partial charge in [0.1, 0.15) is 12.9 Å². The fourth-order valence-corrected chi connectivity index (χ4v) is 2.18. The average Bonchev–Trinajstić information content (AvgIpc) is 2.61. The maximum atomic E-state index is 11.9. The third kappa shape index (κ3) is 7.87. The molecule has 0 heterocycles. The van der Waals surface area contributed by atoms with Gasteiger partial charge < -0.3 is 20.2 Å². The number of aldehydes is 1. The summed E-state index contributed by atoms with van der Waals surface area (Å²) in [6.45, 7) is 1.93. The first-order valence-corrected chi connectivity index (χ1v) is 8.21. The summed E-state index contributed by atoms with van der Waals surface area (Å²) in [7, 11) is 1.82. The summed E-state index contributed by atoms with van der Waals surface area (Å²) in [6, 6.07) is 8.48. The molecule has 0 saturated heterocycles. The minimum Gasteiger partial charge on any atom is -0.460 e. The number of esters is 1. The minimum atomic E-state index is -0.444. The lowest BCUT2D eigenvalue weighted by Crippen LogP contribution is -2.33. The third-order valence-electron chi connectivity index (χ3n) is 3.63. The summed E-state index contributed by atoms with van der Waals surface area (Å²) in [5, 5.41) is 5.71. The second-order valence-electron chi connectivity index (χ2n) is 5.69. The molecule has 0 aliphatic rings. The number of rotatable bonds is 11. The van der Waals surface area contributed by atoms with Crippen LogP contribution in [0.15, 0.2) is 30.3 Å². The molecule has 1 aromatic rings. The Morgan fingerprint density at radius 1 is 1.21 bits per heavy atom. The van der Waals surface area contributed by atoms with E-state index in [2.05, 4.69) is 10.6 Å². The van der Waals surface area contributed by atoms with Crippen LogP contribution in [-0.4, -0.2) is 43.9 Å². The van der Waals surface area contributed by atoms with Gasteiger partial charge in [-0.2, -0.15) is 0 Å². The molecule has 0 bridgehead atoms. The molecule has 0 aliphatic heterocycles. The predicted molar refractivity (Wildman–Crippen MR) is 91.7 cm³/mol. The van der Waals surface area contributed by atoms with Gasteiger partial charge in [-0.3, -0.25) is 4.79 Å². The van der Waals surface area contributed by atoms with E-state index in [1.807, 2.05) is 13.1 Å². The molecule has 0 fully saturated rings. The highest BCUT2D eigenvalue weighted by atomic mass is 16.5. The molecule has 1 rings (SSSR count). The molecule has 0 aromatic heterocycles. The Labute approximate surface area is 143 Å². The van der Waals surface area contributed by atoms with E-state index in [4.69, 9.17) is 4.74 Å². The van der Waals surface area contributed by atoms with Crippen LogP contribution < -0.4 is 10.6 Å². The second kappa shape index (κ2) is 11.3. The number of likely N-dealkylation sites (N-methyl/N-ethyl adjacent to an activating group) is 1. The molecule has 2 atom stereocenters. The van der Waals surface area contributed by atoms with Gasteiger partial charge in [-0.05, 0) is 38.9 Å². The molecule has 0 spiro atoms. The number of unbranched alkanes of at least 4 members (excludes halogenated alkanes) is 1. The number of hydrogen-bond acceptors (Lipinski definition) is 5. The van der Waals surface area contributed by atoms with E-state index >= 15 is 0 Å². The van der Waals surface area contributed by atoms with Crippen molar-refractivity contribution in [3.8, 4) is 0 Å². The van der Waals surface area contributed by atoms with E-state index in [0.717, 1.165) is 19.3 Å². The van der Waals surface area contributed by atoms with Crippen LogP contribution in [0.2, 0.25) is 0 Å². The summed E-state index contributed by atoms with van der Waals surface area (Å²) in [4.78, 5) is 33.9. The molecule has 132 valence electrons. The zero-order chi connectivity index (χ0) is 17.8. The molecule has 0 saturated carbocycles. The van der Waals surface area contributed by atoms with E-state index in [9.17, 15) is 14.4 Å². The number of amides is 1. The van der Waals surface area contributed by atoms with Crippen molar-refractivity contribution in [3.63, 3.8) is 0 Å². The van der Waals surface area contributed by atoms with Gasteiger partial charge in [-0.1, -0.05) is 24.6 Å². The highest BCUT2D eigenvalue weighted by molar-refractivity contribution is 5.89. The highest BCUT2D eigenvalue weighted by Crippen LogP contribution is 2.07. The van der Waals surface area contributed by atoms with Crippen LogP contribution in [0.5, 0.6) is 0 Å². The van der Waals surface area contributed by atoms with Crippen LogP contribution in [0.25, 0.3) is 0 Å². The normalized spacial score (nSPS) is 12.9. The summed E-state index contributed by atoms with van der Waals surface area (Å²) < 4.78 is 5.31. The van der Waals surface area contributed by atoms with E-state index in [0.29, 0.717) is 24.9 Å². The van der Waals surface area contributed by atoms with Crippen molar-refractivity contribution in [3.05, 3.63) is 35.9 Å². The monoisotopic (exact) mass is 334 g/mol. The first kappa shape index (κ1) is 19.8. The van der Waals surface area contributed by atoms with Crippen LogP contribution in [0.3, 0.4) is 0 Å². The molecule has 0 aliphatic carbocycles. The van der Waals surface area contributed by atoms with Gasteiger partial charge in [-0.15, -0.1) is 0 Å². The van der Waals surface area contributed by atoms with Gasteiger partial charge in [0.05, 0.1) is 11.6 Å². The van der Waals surface area contributed by atoms with E-state index in [1.54, 1.807) is 31.2 Å². The van der Waals surface area contributed by atoms with Gasteiger partial charge in [0.15, 0.2) is 0 Å². The van der Waals surface area contributed by atoms with Crippen LogP contribution in [0.4, 0.5) is 0 Å². The zero-order valence-corrected chi connectivity index (χ0v) is 14.3. The van der Waals surface area contributed by atoms with Gasteiger partial charge in [-0.25, -0.2) is 4.79 Å². The van der Waals surface area contributed by atoms with Crippen molar-refractivity contribution in [2.75, 3.05) is 13.7 Å². The lowest BCUT2D eigenvalue weighted by molar-refractivity contribution is -0.123. The molecular weight excluding hydrogens is 308 g/mol. The topological polar surface area (TPSA) is 84.5 Å². The molecule has 24 heavy (non-hydrogen) atoms. The third-order valence-corrected chi connectivity index (χ3v) is 3.63. The molecule has 6 heteroatoms. The summed E-state index contributed by atoms with van der Waals surface area (Å²) >= 11 is 0. The van der Waals surface area contributed by atoms with Gasteiger partial charge in [0, 0.05) is 12.5 Å². The van der Waals surface area contributed by atoms with Crippen LogP contribution >= 0.6 is 0 Å². The predicted octanol–water partition coefficient (Wildman–Crippen LogP) is 1.70. The van der Waals surface area contributed by atoms with Gasteiger partial charge >= 0.3 is 5.97 Å². The second-order valence-corrected chi connectivity index (χ2v) is 5.69. The largest absolute Gasteiger partial charge is 0.460 e. The maximum absolute atomic E-state index is 11.9. The lowest BCUT2D eigenvalue weighted by atomic mass is 10.1. The van der Waals surface area contributed by atoms with Gasteiger partial charge in [0.2, 0.25) is 5.91 Å². The molecule has 1 aromatic carbocycles. The van der Waals surface area contributed by atoms with Crippen LogP contribution in [-0.2, 0) is 14.3 Å².